The molecule has 1 heterocycles. The van der Waals surface area contributed by atoms with Crippen molar-refractivity contribution in [3.63, 3.8) is 0 Å². The van der Waals surface area contributed by atoms with Gasteiger partial charge in [0.1, 0.15) is 0 Å². The highest BCUT2D eigenvalue weighted by Gasteiger charge is 2.23. The van der Waals surface area contributed by atoms with Crippen molar-refractivity contribution in [3.8, 4) is 0 Å². The first-order valence-electron chi connectivity index (χ1n) is 5.52. The van der Waals surface area contributed by atoms with Gasteiger partial charge in [-0.2, -0.15) is 11.8 Å². The number of nitrogens with one attached hydrogen (secondary N) is 1. The summed E-state index contributed by atoms with van der Waals surface area (Å²) in [7, 11) is -3.24. The van der Waals surface area contributed by atoms with Crippen LogP contribution in [0.3, 0.4) is 0 Å². The van der Waals surface area contributed by atoms with E-state index in [1.807, 2.05) is 0 Å². The summed E-state index contributed by atoms with van der Waals surface area (Å²) in [4.78, 5) is 11.2. The van der Waals surface area contributed by atoms with E-state index in [2.05, 4.69) is 5.32 Å². The minimum Gasteiger partial charge on any atom is -0.354 e. The van der Waals surface area contributed by atoms with Gasteiger partial charge >= 0.3 is 0 Å². The van der Waals surface area contributed by atoms with Crippen molar-refractivity contribution in [2.75, 3.05) is 36.9 Å². The van der Waals surface area contributed by atoms with E-state index in [4.69, 9.17) is 5.73 Å². The molecule has 1 atom stereocenters. The first-order chi connectivity index (χ1) is 7.93. The Balaban J connectivity index is 2.36. The van der Waals surface area contributed by atoms with Crippen LogP contribution in [-0.4, -0.2) is 61.6 Å². The molecule has 8 heteroatoms. The van der Waals surface area contributed by atoms with Gasteiger partial charge in [0.05, 0.1) is 11.8 Å². The molecule has 1 rings (SSSR count). The van der Waals surface area contributed by atoms with Crippen LogP contribution in [0.4, 0.5) is 0 Å². The first-order valence-corrected chi connectivity index (χ1v) is 8.29. The smallest absolute Gasteiger partial charge is 0.236 e. The molecule has 0 bridgehead atoms. The predicted molar refractivity (Wildman–Crippen MR) is 69.3 cm³/mol. The van der Waals surface area contributed by atoms with Crippen LogP contribution >= 0.6 is 11.8 Å². The normalized spacial score (nSPS) is 19.9. The average molecular weight is 281 g/mol. The molecule has 1 amide bonds. The molecule has 1 aliphatic rings. The summed E-state index contributed by atoms with van der Waals surface area (Å²) in [5.74, 6) is 1.29. The Morgan fingerprint density at radius 3 is 2.59 bits per heavy atom. The monoisotopic (exact) mass is 281 g/mol. The number of sulfonamides is 1. The van der Waals surface area contributed by atoms with Crippen molar-refractivity contribution in [2.45, 2.75) is 13.0 Å². The van der Waals surface area contributed by atoms with Crippen molar-refractivity contribution in [1.29, 1.82) is 0 Å². The largest absolute Gasteiger partial charge is 0.354 e. The summed E-state index contributed by atoms with van der Waals surface area (Å²) >= 11 is 1.76. The molecule has 1 saturated heterocycles. The van der Waals surface area contributed by atoms with Crippen LogP contribution in [0.15, 0.2) is 0 Å². The van der Waals surface area contributed by atoms with Gasteiger partial charge in [0.15, 0.2) is 0 Å². The Labute approximate surface area is 106 Å². The first kappa shape index (κ1) is 14.7. The summed E-state index contributed by atoms with van der Waals surface area (Å²) in [6, 6.07) is -0.607. The fourth-order valence-electron chi connectivity index (χ4n) is 1.42. The number of thioether (sulfide) groups is 1. The highest BCUT2D eigenvalue weighted by atomic mass is 32.2. The standard InChI is InChI=1S/C9H19N3O3S2/c1-8(10)9(13)11-2-7-17(14,15)12-3-5-16-6-4-12/h8H,2-7,10H2,1H3,(H,11,13)/t8-/m1/s1. The van der Waals surface area contributed by atoms with Crippen molar-refractivity contribution >= 4 is 27.7 Å². The van der Waals surface area contributed by atoms with E-state index in [1.165, 1.54) is 4.31 Å². The second-order valence-corrected chi connectivity index (χ2v) is 7.22. The van der Waals surface area contributed by atoms with Crippen LogP contribution in [0.2, 0.25) is 0 Å². The number of nitrogens with two attached hydrogens (primary N) is 1. The van der Waals surface area contributed by atoms with Crippen LogP contribution in [-0.2, 0) is 14.8 Å². The lowest BCUT2D eigenvalue weighted by Gasteiger charge is -2.25. The number of carbonyl (C=O) groups is 1. The van der Waals surface area contributed by atoms with Gasteiger partial charge in [-0.25, -0.2) is 12.7 Å². The lowest BCUT2D eigenvalue weighted by Crippen LogP contribution is -2.44. The van der Waals surface area contributed by atoms with Gasteiger partial charge in [-0.05, 0) is 6.92 Å². The number of carbonyl (C=O) groups excluding carboxylic acids is 1. The topological polar surface area (TPSA) is 92.5 Å². The molecule has 0 aromatic heterocycles. The zero-order valence-electron chi connectivity index (χ0n) is 9.89. The second kappa shape index (κ2) is 6.58. The fourth-order valence-corrected chi connectivity index (χ4v) is 3.91. The minimum absolute atomic E-state index is 0.0594. The molecular weight excluding hydrogens is 262 g/mol. The third-order valence-electron chi connectivity index (χ3n) is 2.44. The van der Waals surface area contributed by atoms with E-state index in [9.17, 15) is 13.2 Å². The van der Waals surface area contributed by atoms with Crippen molar-refractivity contribution in [3.05, 3.63) is 0 Å². The van der Waals surface area contributed by atoms with Crippen molar-refractivity contribution in [2.24, 2.45) is 5.73 Å². The van der Waals surface area contributed by atoms with Gasteiger partial charge < -0.3 is 11.1 Å². The van der Waals surface area contributed by atoms with Crippen LogP contribution in [0, 0.1) is 0 Å². The van der Waals surface area contributed by atoms with Gasteiger partial charge in [0, 0.05) is 31.1 Å². The summed E-state index contributed by atoms with van der Waals surface area (Å²) in [6.07, 6.45) is 0. The summed E-state index contributed by atoms with van der Waals surface area (Å²) < 4.78 is 25.2. The number of amides is 1. The number of rotatable bonds is 5. The molecule has 0 aliphatic carbocycles. The van der Waals surface area contributed by atoms with Crippen molar-refractivity contribution in [1.82, 2.24) is 9.62 Å². The molecule has 3 N–H and O–H groups in total. The van der Waals surface area contributed by atoms with E-state index < -0.39 is 16.1 Å². The molecule has 0 unspecified atom stereocenters. The summed E-state index contributed by atoms with van der Waals surface area (Å²) in [5, 5.41) is 2.50. The molecule has 1 fully saturated rings. The molecule has 1 aliphatic heterocycles. The third-order valence-corrected chi connectivity index (χ3v) is 5.25. The highest BCUT2D eigenvalue weighted by Crippen LogP contribution is 2.12. The molecule has 17 heavy (non-hydrogen) atoms. The molecule has 6 nitrogen and oxygen atoms in total. The van der Waals surface area contributed by atoms with Crippen LogP contribution in [0.25, 0.3) is 0 Å². The molecule has 0 radical (unpaired) electrons. The van der Waals surface area contributed by atoms with Crippen LogP contribution in [0.5, 0.6) is 0 Å². The van der Waals surface area contributed by atoms with Gasteiger partial charge in [0.2, 0.25) is 15.9 Å². The highest BCUT2D eigenvalue weighted by molar-refractivity contribution is 7.99. The maximum Gasteiger partial charge on any atom is 0.236 e. The zero-order valence-corrected chi connectivity index (χ0v) is 11.5. The molecular formula is C9H19N3O3S2. The Kier molecular flexibility index (Phi) is 5.71. The molecule has 0 aromatic carbocycles. The molecule has 0 aromatic rings. The summed E-state index contributed by atoms with van der Waals surface area (Å²) in [5.41, 5.74) is 5.35. The molecule has 0 saturated carbocycles. The van der Waals surface area contributed by atoms with Gasteiger partial charge in [-0.15, -0.1) is 0 Å². The molecule has 100 valence electrons. The zero-order chi connectivity index (χ0) is 12.9. The Bertz CT molecular complexity index is 350. The number of hydrogen-bond donors (Lipinski definition) is 2. The minimum atomic E-state index is -3.24. The lowest BCUT2D eigenvalue weighted by atomic mass is 10.3. The maximum atomic E-state index is 11.9. The van der Waals surface area contributed by atoms with Crippen molar-refractivity contribution < 1.29 is 13.2 Å². The van der Waals surface area contributed by atoms with E-state index in [-0.39, 0.29) is 18.2 Å². The second-order valence-electron chi connectivity index (χ2n) is 3.91. The Hall–Kier alpha value is -0.310. The summed E-state index contributed by atoms with van der Waals surface area (Å²) in [6.45, 7) is 2.81. The Morgan fingerprint density at radius 2 is 2.06 bits per heavy atom. The van der Waals surface area contributed by atoms with E-state index in [1.54, 1.807) is 18.7 Å². The van der Waals surface area contributed by atoms with E-state index in [0.29, 0.717) is 13.1 Å². The van der Waals surface area contributed by atoms with Crippen LogP contribution < -0.4 is 11.1 Å². The van der Waals surface area contributed by atoms with Crippen LogP contribution in [0.1, 0.15) is 6.92 Å². The Morgan fingerprint density at radius 1 is 1.47 bits per heavy atom. The average Bonchev–Trinajstić information content (AvgIpc) is 2.29. The predicted octanol–water partition coefficient (Wildman–Crippen LogP) is -1.17. The fraction of sp³-hybridized carbons (Fsp3) is 0.889. The van der Waals surface area contributed by atoms with Gasteiger partial charge in [0.25, 0.3) is 0 Å². The van der Waals surface area contributed by atoms with Gasteiger partial charge in [-0.1, -0.05) is 0 Å². The number of hydrogen-bond acceptors (Lipinski definition) is 5. The SMILES string of the molecule is C[C@@H](N)C(=O)NCCS(=O)(=O)N1CCSCC1. The van der Waals surface area contributed by atoms with E-state index >= 15 is 0 Å². The lowest BCUT2D eigenvalue weighted by molar-refractivity contribution is -0.121. The molecule has 0 spiro atoms. The maximum absolute atomic E-state index is 11.9. The van der Waals surface area contributed by atoms with E-state index in [0.717, 1.165) is 11.5 Å². The third kappa shape index (κ3) is 4.82. The number of nitrogens with zero attached hydrogens (tertiary/aromatic N) is 1. The quantitative estimate of drug-likeness (QED) is 0.662. The van der Waals surface area contributed by atoms with Gasteiger partial charge in [-0.3, -0.25) is 4.79 Å².